The van der Waals surface area contributed by atoms with Crippen molar-refractivity contribution in [2.24, 2.45) is 5.92 Å². The highest BCUT2D eigenvalue weighted by atomic mass is 16.6. The Hall–Kier alpha value is -0.730. The van der Waals surface area contributed by atoms with Crippen molar-refractivity contribution in [3.8, 4) is 0 Å². The van der Waals surface area contributed by atoms with Gasteiger partial charge in [-0.25, -0.2) is 4.79 Å². The van der Waals surface area contributed by atoms with Crippen molar-refractivity contribution in [2.75, 3.05) is 6.54 Å². The number of alkyl carbamates (subject to hydrolysis) is 1. The van der Waals surface area contributed by atoms with E-state index in [0.29, 0.717) is 0 Å². The third-order valence-corrected chi connectivity index (χ3v) is 3.46. The number of rotatable bonds is 1. The van der Waals surface area contributed by atoms with Crippen LogP contribution in [0.15, 0.2) is 0 Å². The number of hydrogen-bond acceptors (Lipinski definition) is 2. The smallest absolute Gasteiger partial charge is 0.407 e. The molecule has 0 bridgehead atoms. The first kappa shape index (κ1) is 8.85. The van der Waals surface area contributed by atoms with Gasteiger partial charge >= 0.3 is 6.09 Å². The van der Waals surface area contributed by atoms with E-state index in [0.717, 1.165) is 25.3 Å². The predicted octanol–water partition coefficient (Wildman–Crippen LogP) is 2.07. The van der Waals surface area contributed by atoms with E-state index in [1.54, 1.807) is 0 Å². The maximum absolute atomic E-state index is 10.9. The molecule has 3 nitrogen and oxygen atoms in total. The quantitative estimate of drug-likeness (QED) is 0.675. The molecule has 0 radical (unpaired) electrons. The summed E-state index contributed by atoms with van der Waals surface area (Å²) in [7, 11) is 0. The van der Waals surface area contributed by atoms with Crippen LogP contribution in [0.5, 0.6) is 0 Å². The van der Waals surface area contributed by atoms with Gasteiger partial charge in [-0.1, -0.05) is 13.3 Å². The normalized spacial score (nSPS) is 38.8. The zero-order valence-corrected chi connectivity index (χ0v) is 8.14. The molecule has 2 fully saturated rings. The summed E-state index contributed by atoms with van der Waals surface area (Å²) in [5, 5.41) is 2.75. The lowest BCUT2D eigenvalue weighted by Crippen LogP contribution is -2.37. The molecule has 13 heavy (non-hydrogen) atoms. The van der Waals surface area contributed by atoms with Crippen LogP contribution in [0.2, 0.25) is 0 Å². The standard InChI is InChI=1S/C10H17NO2/c1-2-8-3-5-10(6-4-8)7-11-9(12)13-10/h8H,2-7H2,1H3,(H,11,12). The van der Waals surface area contributed by atoms with Crippen LogP contribution in [0.3, 0.4) is 0 Å². The summed E-state index contributed by atoms with van der Waals surface area (Å²) in [6.45, 7) is 2.96. The lowest BCUT2D eigenvalue weighted by Gasteiger charge is -2.34. The van der Waals surface area contributed by atoms with Gasteiger partial charge in [0, 0.05) is 0 Å². The molecule has 1 saturated heterocycles. The number of hydrogen-bond donors (Lipinski definition) is 1. The Morgan fingerprint density at radius 3 is 2.69 bits per heavy atom. The van der Waals surface area contributed by atoms with Crippen molar-refractivity contribution >= 4 is 6.09 Å². The molecular weight excluding hydrogens is 166 g/mol. The molecule has 3 heteroatoms. The fraction of sp³-hybridized carbons (Fsp3) is 0.900. The predicted molar refractivity (Wildman–Crippen MR) is 49.5 cm³/mol. The molecule has 1 aliphatic carbocycles. The molecule has 74 valence electrons. The lowest BCUT2D eigenvalue weighted by atomic mass is 9.78. The van der Waals surface area contributed by atoms with E-state index >= 15 is 0 Å². The average Bonchev–Trinajstić information content (AvgIpc) is 2.49. The van der Waals surface area contributed by atoms with Gasteiger partial charge in [0.15, 0.2) is 0 Å². The van der Waals surface area contributed by atoms with Crippen LogP contribution in [0.4, 0.5) is 4.79 Å². The van der Waals surface area contributed by atoms with Crippen molar-refractivity contribution in [3.63, 3.8) is 0 Å². The van der Waals surface area contributed by atoms with E-state index in [1.807, 2.05) is 0 Å². The van der Waals surface area contributed by atoms with Crippen molar-refractivity contribution in [2.45, 2.75) is 44.6 Å². The summed E-state index contributed by atoms with van der Waals surface area (Å²) in [5.74, 6) is 0.852. The van der Waals surface area contributed by atoms with E-state index in [-0.39, 0.29) is 11.7 Å². The third-order valence-electron chi connectivity index (χ3n) is 3.46. The molecule has 1 heterocycles. The molecule has 0 atom stereocenters. The van der Waals surface area contributed by atoms with E-state index in [9.17, 15) is 4.79 Å². The van der Waals surface area contributed by atoms with E-state index in [2.05, 4.69) is 12.2 Å². The van der Waals surface area contributed by atoms with Crippen molar-refractivity contribution in [1.29, 1.82) is 0 Å². The third kappa shape index (κ3) is 1.64. The van der Waals surface area contributed by atoms with Gasteiger partial charge in [-0.05, 0) is 31.6 Å². The molecule has 0 unspecified atom stereocenters. The first-order valence-corrected chi connectivity index (χ1v) is 5.21. The van der Waals surface area contributed by atoms with Gasteiger partial charge in [0.25, 0.3) is 0 Å². The summed E-state index contributed by atoms with van der Waals surface area (Å²) in [5.41, 5.74) is -0.136. The summed E-state index contributed by atoms with van der Waals surface area (Å²) < 4.78 is 5.33. The Balaban J connectivity index is 1.93. The van der Waals surface area contributed by atoms with Crippen LogP contribution in [-0.4, -0.2) is 18.2 Å². The second-order valence-electron chi connectivity index (χ2n) is 4.28. The van der Waals surface area contributed by atoms with Gasteiger partial charge in [0.2, 0.25) is 0 Å². The molecule has 1 N–H and O–H groups in total. The van der Waals surface area contributed by atoms with Crippen LogP contribution < -0.4 is 5.32 Å². The van der Waals surface area contributed by atoms with E-state index in [1.165, 1.54) is 19.3 Å². The highest BCUT2D eigenvalue weighted by molar-refractivity contribution is 5.70. The van der Waals surface area contributed by atoms with Gasteiger partial charge in [-0.2, -0.15) is 0 Å². The number of nitrogens with one attached hydrogen (secondary N) is 1. The molecule has 1 aliphatic heterocycles. The molecule has 2 rings (SSSR count). The maximum Gasteiger partial charge on any atom is 0.407 e. The number of amides is 1. The first-order valence-electron chi connectivity index (χ1n) is 5.21. The van der Waals surface area contributed by atoms with Gasteiger partial charge in [0.05, 0.1) is 6.54 Å². The summed E-state index contributed by atoms with van der Waals surface area (Å²) in [6, 6.07) is 0. The molecule has 1 amide bonds. The molecule has 1 saturated carbocycles. The topological polar surface area (TPSA) is 38.3 Å². The maximum atomic E-state index is 10.9. The fourth-order valence-corrected chi connectivity index (χ4v) is 2.39. The first-order chi connectivity index (χ1) is 6.24. The summed E-state index contributed by atoms with van der Waals surface area (Å²) >= 11 is 0. The van der Waals surface area contributed by atoms with Gasteiger partial charge in [0.1, 0.15) is 5.60 Å². The Morgan fingerprint density at radius 2 is 2.23 bits per heavy atom. The number of ether oxygens (including phenoxy) is 1. The van der Waals surface area contributed by atoms with Crippen molar-refractivity contribution in [3.05, 3.63) is 0 Å². The molecule has 1 spiro atoms. The Bertz CT molecular complexity index is 207. The second-order valence-corrected chi connectivity index (χ2v) is 4.28. The zero-order chi connectivity index (χ0) is 9.31. The minimum absolute atomic E-state index is 0.136. The van der Waals surface area contributed by atoms with Crippen LogP contribution in [0.1, 0.15) is 39.0 Å². The molecular formula is C10H17NO2. The van der Waals surface area contributed by atoms with Gasteiger partial charge in [-0.3, -0.25) is 0 Å². The van der Waals surface area contributed by atoms with Crippen molar-refractivity contribution < 1.29 is 9.53 Å². The lowest BCUT2D eigenvalue weighted by molar-refractivity contribution is 0.0129. The largest absolute Gasteiger partial charge is 0.441 e. The van der Waals surface area contributed by atoms with E-state index in [4.69, 9.17) is 4.74 Å². The zero-order valence-electron chi connectivity index (χ0n) is 8.14. The fourth-order valence-electron chi connectivity index (χ4n) is 2.39. The van der Waals surface area contributed by atoms with E-state index < -0.39 is 0 Å². The number of carbonyl (C=O) groups is 1. The monoisotopic (exact) mass is 183 g/mol. The summed E-state index contributed by atoms with van der Waals surface area (Å²) in [4.78, 5) is 10.9. The van der Waals surface area contributed by atoms with Crippen molar-refractivity contribution in [1.82, 2.24) is 5.32 Å². The Kier molecular flexibility index (Phi) is 2.18. The minimum atomic E-state index is -0.227. The van der Waals surface area contributed by atoms with Crippen LogP contribution in [0.25, 0.3) is 0 Å². The molecule has 0 aromatic carbocycles. The van der Waals surface area contributed by atoms with Crippen LogP contribution in [0, 0.1) is 5.92 Å². The summed E-state index contributed by atoms with van der Waals surface area (Å²) in [6.07, 6.45) is 5.55. The highest BCUT2D eigenvalue weighted by Gasteiger charge is 2.42. The Labute approximate surface area is 78.8 Å². The number of carbonyl (C=O) groups excluding carboxylic acids is 1. The minimum Gasteiger partial charge on any atom is -0.441 e. The van der Waals surface area contributed by atoms with Crippen LogP contribution in [-0.2, 0) is 4.74 Å². The van der Waals surface area contributed by atoms with Gasteiger partial charge < -0.3 is 10.1 Å². The molecule has 2 aliphatic rings. The molecule has 0 aromatic rings. The average molecular weight is 183 g/mol. The van der Waals surface area contributed by atoms with Crippen LogP contribution >= 0.6 is 0 Å². The molecule has 0 aromatic heterocycles. The van der Waals surface area contributed by atoms with Gasteiger partial charge in [-0.15, -0.1) is 0 Å². The Morgan fingerprint density at radius 1 is 1.54 bits per heavy atom. The SMILES string of the molecule is CCC1CCC2(CC1)CNC(=O)O2. The highest BCUT2D eigenvalue weighted by Crippen LogP contribution is 2.37. The second kappa shape index (κ2) is 3.20.